The minimum Gasteiger partial charge on any atom is -0.388 e. The molecule has 19 heavy (non-hydrogen) atoms. The van der Waals surface area contributed by atoms with Gasteiger partial charge in [-0.3, -0.25) is 4.68 Å². The van der Waals surface area contributed by atoms with Gasteiger partial charge in [0, 0.05) is 19.5 Å². The molecule has 0 amide bonds. The minimum atomic E-state index is -0.809. The number of aliphatic hydroxyl groups is 1. The number of halogens is 1. The van der Waals surface area contributed by atoms with Crippen molar-refractivity contribution in [2.45, 2.75) is 59.1 Å². The van der Waals surface area contributed by atoms with E-state index in [1.807, 2.05) is 25.5 Å². The van der Waals surface area contributed by atoms with Crippen LogP contribution in [0.1, 0.15) is 45.5 Å². The zero-order chi connectivity index (χ0) is 14.5. The molecule has 0 fully saturated rings. The molecule has 0 aromatic carbocycles. The molecule has 0 saturated heterocycles. The molecule has 1 unspecified atom stereocenters. The maximum atomic E-state index is 10.5. The molecule has 110 valence electrons. The lowest BCUT2D eigenvalue weighted by atomic mass is 9.99. The van der Waals surface area contributed by atoms with Crippen LogP contribution in [0.4, 0.5) is 0 Å². The van der Waals surface area contributed by atoms with E-state index in [1.165, 1.54) is 0 Å². The van der Waals surface area contributed by atoms with E-state index in [4.69, 9.17) is 11.6 Å². The average Bonchev–Trinajstić information content (AvgIpc) is 2.66. The van der Waals surface area contributed by atoms with Crippen LogP contribution in [-0.4, -0.2) is 33.6 Å². The van der Waals surface area contributed by atoms with Gasteiger partial charge in [0.25, 0.3) is 0 Å². The number of aryl methyl sites for hydroxylation is 2. The monoisotopic (exact) mass is 287 g/mol. The highest BCUT2D eigenvalue weighted by atomic mass is 35.5. The summed E-state index contributed by atoms with van der Waals surface area (Å²) in [5.41, 5.74) is 1.04. The fourth-order valence-electron chi connectivity index (χ4n) is 2.14. The Labute approximate surface area is 121 Å². The quantitative estimate of drug-likeness (QED) is 0.722. The first-order valence-electron chi connectivity index (χ1n) is 7.12. The Morgan fingerprint density at radius 3 is 2.58 bits per heavy atom. The molecule has 0 spiro atoms. The van der Waals surface area contributed by atoms with Crippen molar-refractivity contribution in [3.8, 4) is 0 Å². The molecule has 1 rings (SSSR count). The molecule has 0 aliphatic rings. The van der Waals surface area contributed by atoms with Crippen molar-refractivity contribution in [1.82, 2.24) is 15.1 Å². The van der Waals surface area contributed by atoms with Crippen LogP contribution in [0.25, 0.3) is 0 Å². The Bertz CT molecular complexity index is 402. The summed E-state index contributed by atoms with van der Waals surface area (Å²) in [6.07, 6.45) is 2.39. The smallest absolute Gasteiger partial charge is 0.0850 e. The largest absolute Gasteiger partial charge is 0.388 e. The van der Waals surface area contributed by atoms with Crippen LogP contribution in [0.2, 0.25) is 5.02 Å². The van der Waals surface area contributed by atoms with E-state index in [9.17, 15) is 5.11 Å². The Hall–Kier alpha value is -0.580. The molecule has 1 heterocycles. The molecule has 0 aliphatic carbocycles. The van der Waals surface area contributed by atoms with Crippen molar-refractivity contribution >= 4 is 11.6 Å². The highest BCUT2D eigenvalue weighted by molar-refractivity contribution is 6.31. The third kappa shape index (κ3) is 4.48. The zero-order valence-electron chi connectivity index (χ0n) is 12.5. The van der Waals surface area contributed by atoms with Gasteiger partial charge in [0.05, 0.1) is 22.0 Å². The lowest BCUT2D eigenvalue weighted by Gasteiger charge is -2.24. The SMILES string of the molecule is CCCNCC(C)(O)Cc1c(Cl)c(CC)nn1CC. The second-order valence-electron chi connectivity index (χ2n) is 5.23. The zero-order valence-corrected chi connectivity index (χ0v) is 13.2. The van der Waals surface area contributed by atoms with Gasteiger partial charge in [0.15, 0.2) is 0 Å². The van der Waals surface area contributed by atoms with Crippen LogP contribution in [0.5, 0.6) is 0 Å². The van der Waals surface area contributed by atoms with Gasteiger partial charge in [0.1, 0.15) is 0 Å². The summed E-state index contributed by atoms with van der Waals surface area (Å²) in [5, 5.41) is 18.9. The van der Waals surface area contributed by atoms with E-state index in [2.05, 4.69) is 17.3 Å². The van der Waals surface area contributed by atoms with Crippen LogP contribution in [0, 0.1) is 0 Å². The maximum absolute atomic E-state index is 10.5. The van der Waals surface area contributed by atoms with Crippen LogP contribution in [-0.2, 0) is 19.4 Å². The first kappa shape index (κ1) is 16.5. The Kier molecular flexibility index (Phi) is 6.30. The molecule has 4 nitrogen and oxygen atoms in total. The van der Waals surface area contributed by atoms with Gasteiger partial charge in [-0.05, 0) is 33.2 Å². The third-order valence-electron chi connectivity index (χ3n) is 3.18. The predicted octanol–water partition coefficient (Wildman–Crippen LogP) is 2.41. The molecule has 1 aromatic heterocycles. The molecular formula is C14H26ClN3O. The predicted molar refractivity (Wildman–Crippen MR) is 79.8 cm³/mol. The van der Waals surface area contributed by atoms with Crippen LogP contribution >= 0.6 is 11.6 Å². The van der Waals surface area contributed by atoms with E-state index < -0.39 is 5.60 Å². The Morgan fingerprint density at radius 1 is 1.37 bits per heavy atom. The molecule has 0 radical (unpaired) electrons. The van der Waals surface area contributed by atoms with Gasteiger partial charge in [0.2, 0.25) is 0 Å². The van der Waals surface area contributed by atoms with E-state index in [-0.39, 0.29) is 0 Å². The number of nitrogens with one attached hydrogen (secondary N) is 1. The summed E-state index contributed by atoms with van der Waals surface area (Å²) in [4.78, 5) is 0. The van der Waals surface area contributed by atoms with Crippen molar-refractivity contribution in [2.24, 2.45) is 0 Å². The number of hydrogen-bond acceptors (Lipinski definition) is 3. The summed E-state index contributed by atoms with van der Waals surface area (Å²) in [6, 6.07) is 0. The van der Waals surface area contributed by atoms with E-state index in [1.54, 1.807) is 0 Å². The lowest BCUT2D eigenvalue weighted by Crippen LogP contribution is -2.40. The fourth-order valence-corrected chi connectivity index (χ4v) is 2.48. The summed E-state index contributed by atoms with van der Waals surface area (Å²) < 4.78 is 1.90. The molecule has 5 heteroatoms. The van der Waals surface area contributed by atoms with Crippen molar-refractivity contribution < 1.29 is 5.11 Å². The molecule has 1 aromatic rings. The van der Waals surface area contributed by atoms with Crippen LogP contribution in [0.3, 0.4) is 0 Å². The summed E-state index contributed by atoms with van der Waals surface area (Å²) in [6.45, 7) is 10.3. The molecule has 1 atom stereocenters. The minimum absolute atomic E-state index is 0.517. The van der Waals surface area contributed by atoms with Gasteiger partial charge in [-0.25, -0.2) is 0 Å². The van der Waals surface area contributed by atoms with Crippen LogP contribution < -0.4 is 5.32 Å². The average molecular weight is 288 g/mol. The number of nitrogens with zero attached hydrogens (tertiary/aromatic N) is 2. The summed E-state index contributed by atoms with van der Waals surface area (Å²) in [7, 11) is 0. The van der Waals surface area contributed by atoms with Gasteiger partial charge in [-0.2, -0.15) is 5.10 Å². The Balaban J connectivity index is 2.82. The highest BCUT2D eigenvalue weighted by Gasteiger charge is 2.25. The van der Waals surface area contributed by atoms with Gasteiger partial charge in [-0.15, -0.1) is 0 Å². The van der Waals surface area contributed by atoms with E-state index in [0.717, 1.165) is 37.3 Å². The molecular weight excluding hydrogens is 262 g/mol. The summed E-state index contributed by atoms with van der Waals surface area (Å²) in [5.74, 6) is 0. The van der Waals surface area contributed by atoms with Gasteiger partial charge < -0.3 is 10.4 Å². The molecule has 2 N–H and O–H groups in total. The van der Waals surface area contributed by atoms with Crippen molar-refractivity contribution in [3.05, 3.63) is 16.4 Å². The normalized spacial score (nSPS) is 14.6. The third-order valence-corrected chi connectivity index (χ3v) is 3.61. The lowest BCUT2D eigenvalue weighted by molar-refractivity contribution is 0.0583. The maximum Gasteiger partial charge on any atom is 0.0850 e. The molecule has 0 aliphatic heterocycles. The molecule has 0 bridgehead atoms. The molecule has 0 saturated carbocycles. The topological polar surface area (TPSA) is 50.1 Å². The van der Waals surface area contributed by atoms with E-state index in [0.29, 0.717) is 18.0 Å². The second kappa shape index (κ2) is 7.27. The highest BCUT2D eigenvalue weighted by Crippen LogP contribution is 2.25. The van der Waals surface area contributed by atoms with E-state index >= 15 is 0 Å². The van der Waals surface area contributed by atoms with Crippen molar-refractivity contribution in [3.63, 3.8) is 0 Å². The number of hydrogen-bond donors (Lipinski definition) is 2. The van der Waals surface area contributed by atoms with Gasteiger partial charge >= 0.3 is 0 Å². The standard InChI is InChI=1S/C14H26ClN3O/c1-5-8-16-10-14(4,19)9-12-13(15)11(6-2)17-18(12)7-3/h16,19H,5-10H2,1-4H3. The second-order valence-corrected chi connectivity index (χ2v) is 5.61. The first-order valence-corrected chi connectivity index (χ1v) is 7.50. The van der Waals surface area contributed by atoms with Gasteiger partial charge in [-0.1, -0.05) is 25.4 Å². The fraction of sp³-hybridized carbons (Fsp3) is 0.786. The number of aromatic nitrogens is 2. The summed E-state index contributed by atoms with van der Waals surface area (Å²) >= 11 is 6.36. The van der Waals surface area contributed by atoms with Crippen LogP contribution in [0.15, 0.2) is 0 Å². The Morgan fingerprint density at radius 2 is 2.05 bits per heavy atom. The first-order chi connectivity index (χ1) is 8.95. The van der Waals surface area contributed by atoms with Crippen molar-refractivity contribution in [2.75, 3.05) is 13.1 Å². The van der Waals surface area contributed by atoms with Crippen molar-refractivity contribution in [1.29, 1.82) is 0 Å². The number of rotatable bonds is 8.